The van der Waals surface area contributed by atoms with E-state index in [2.05, 4.69) is 0 Å². The van der Waals surface area contributed by atoms with E-state index in [9.17, 15) is 23.3 Å². The van der Waals surface area contributed by atoms with Crippen molar-refractivity contribution >= 4 is 22.0 Å². The third-order valence-corrected chi connectivity index (χ3v) is 2.93. The number of primary sulfonamides is 1. The Balaban J connectivity index is 3.77. The number of sulfonamides is 1. The predicted octanol–water partition coefficient (Wildman–Crippen LogP) is 0.0633. The predicted molar refractivity (Wildman–Crippen MR) is 56.4 cm³/mol. The molecule has 0 unspecified atom stereocenters. The number of methoxy groups -OCH3 is 1. The highest BCUT2D eigenvalue weighted by Crippen LogP contribution is 2.30. The summed E-state index contributed by atoms with van der Waals surface area (Å²) < 4.78 is 27.1. The largest absolute Gasteiger partial charge is 0.496 e. The molecular weight excluding hydrogens is 252 g/mol. The average molecular weight is 260 g/mol. The second kappa shape index (κ2) is 4.47. The molecule has 0 atom stereocenters. The minimum atomic E-state index is -4.37. The number of nitrogens with two attached hydrogens (primary N) is 1. The smallest absolute Gasteiger partial charge is 0.293 e. The molecular formula is C8H8N2O6S. The van der Waals surface area contributed by atoms with Crippen molar-refractivity contribution < 1.29 is 22.9 Å². The van der Waals surface area contributed by atoms with Crippen molar-refractivity contribution in [1.82, 2.24) is 0 Å². The van der Waals surface area contributed by atoms with Crippen LogP contribution in [0.25, 0.3) is 0 Å². The minimum absolute atomic E-state index is 0.00815. The van der Waals surface area contributed by atoms with E-state index in [0.29, 0.717) is 0 Å². The summed E-state index contributed by atoms with van der Waals surface area (Å²) >= 11 is 0. The first-order chi connectivity index (χ1) is 7.81. The average Bonchev–Trinajstić information content (AvgIpc) is 2.25. The molecule has 92 valence electrons. The first-order valence-electron chi connectivity index (χ1n) is 4.15. The maximum atomic E-state index is 11.2. The van der Waals surface area contributed by atoms with Crippen LogP contribution < -0.4 is 9.88 Å². The second-order valence-corrected chi connectivity index (χ2v) is 4.48. The fourth-order valence-electron chi connectivity index (χ4n) is 1.26. The molecule has 0 aliphatic carbocycles. The van der Waals surface area contributed by atoms with Crippen LogP contribution in [0.15, 0.2) is 17.0 Å². The summed E-state index contributed by atoms with van der Waals surface area (Å²) in [6.07, 6.45) is 0.162. The molecule has 1 rings (SSSR count). The molecule has 0 aliphatic heterocycles. The molecule has 0 saturated heterocycles. The van der Waals surface area contributed by atoms with Crippen LogP contribution in [0.4, 0.5) is 5.69 Å². The molecule has 0 fully saturated rings. The second-order valence-electron chi connectivity index (χ2n) is 2.98. The number of ether oxygens (including phenoxy) is 1. The topological polar surface area (TPSA) is 130 Å². The van der Waals surface area contributed by atoms with Crippen molar-refractivity contribution in [3.05, 3.63) is 27.8 Å². The summed E-state index contributed by atoms with van der Waals surface area (Å²) in [5, 5.41) is 15.6. The van der Waals surface area contributed by atoms with Gasteiger partial charge in [0.15, 0.2) is 11.2 Å². The van der Waals surface area contributed by atoms with E-state index in [1.807, 2.05) is 0 Å². The molecule has 0 saturated carbocycles. The van der Waals surface area contributed by atoms with E-state index in [0.717, 1.165) is 12.1 Å². The first kappa shape index (κ1) is 13.1. The Labute approximate surface area is 96.2 Å². The molecule has 1 aromatic rings. The quantitative estimate of drug-likeness (QED) is 0.463. The van der Waals surface area contributed by atoms with Crippen molar-refractivity contribution in [2.75, 3.05) is 7.11 Å². The van der Waals surface area contributed by atoms with Crippen LogP contribution in [0, 0.1) is 10.1 Å². The van der Waals surface area contributed by atoms with Gasteiger partial charge in [-0.3, -0.25) is 14.9 Å². The lowest BCUT2D eigenvalue weighted by atomic mass is 10.2. The van der Waals surface area contributed by atoms with Gasteiger partial charge in [0.1, 0.15) is 5.75 Å². The van der Waals surface area contributed by atoms with Crippen molar-refractivity contribution in [2.24, 2.45) is 5.14 Å². The van der Waals surface area contributed by atoms with Gasteiger partial charge in [0.25, 0.3) is 5.69 Å². The molecule has 9 heteroatoms. The number of carbonyl (C=O) groups excluding carboxylic acids is 1. The van der Waals surface area contributed by atoms with Gasteiger partial charge in [-0.25, -0.2) is 13.6 Å². The molecule has 0 spiro atoms. The van der Waals surface area contributed by atoms with Crippen molar-refractivity contribution in [1.29, 1.82) is 0 Å². The van der Waals surface area contributed by atoms with Gasteiger partial charge in [0.05, 0.1) is 18.1 Å². The van der Waals surface area contributed by atoms with E-state index < -0.39 is 31.1 Å². The number of nitro groups is 1. The molecule has 1 aromatic carbocycles. The lowest BCUT2D eigenvalue weighted by Crippen LogP contribution is -2.16. The van der Waals surface area contributed by atoms with E-state index >= 15 is 0 Å². The molecule has 0 bridgehead atoms. The maximum absolute atomic E-state index is 11.2. The monoisotopic (exact) mass is 260 g/mol. The molecule has 8 nitrogen and oxygen atoms in total. The van der Waals surface area contributed by atoms with Crippen LogP contribution in [-0.4, -0.2) is 26.7 Å². The van der Waals surface area contributed by atoms with E-state index in [1.165, 1.54) is 7.11 Å². The summed E-state index contributed by atoms with van der Waals surface area (Å²) in [6, 6.07) is 1.94. The first-order valence-corrected chi connectivity index (χ1v) is 5.70. The third-order valence-electron chi connectivity index (χ3n) is 1.92. The van der Waals surface area contributed by atoms with Gasteiger partial charge in [-0.15, -0.1) is 0 Å². The number of aldehydes is 1. The Kier molecular flexibility index (Phi) is 3.44. The zero-order valence-electron chi connectivity index (χ0n) is 8.61. The van der Waals surface area contributed by atoms with Gasteiger partial charge in [-0.1, -0.05) is 0 Å². The number of benzene rings is 1. The molecule has 0 aliphatic rings. The summed E-state index contributed by atoms with van der Waals surface area (Å²) in [5.74, 6) is -0.00815. The van der Waals surface area contributed by atoms with Gasteiger partial charge < -0.3 is 4.74 Å². The van der Waals surface area contributed by atoms with Crippen LogP contribution in [0.2, 0.25) is 0 Å². The minimum Gasteiger partial charge on any atom is -0.496 e. The SMILES string of the molecule is COc1cc(C=O)c(S(N)(=O)=O)c([N+](=O)[O-])c1. The fourth-order valence-corrected chi connectivity index (χ4v) is 2.12. The summed E-state index contributed by atoms with van der Waals surface area (Å²) in [4.78, 5) is 19.7. The van der Waals surface area contributed by atoms with Gasteiger partial charge in [-0.2, -0.15) is 0 Å². The number of hydrogen-bond acceptors (Lipinski definition) is 6. The highest BCUT2D eigenvalue weighted by molar-refractivity contribution is 7.89. The highest BCUT2D eigenvalue weighted by atomic mass is 32.2. The zero-order chi connectivity index (χ0) is 13.2. The van der Waals surface area contributed by atoms with E-state index in [4.69, 9.17) is 9.88 Å². The molecule has 2 N–H and O–H groups in total. The Bertz CT molecular complexity index is 580. The van der Waals surface area contributed by atoms with Gasteiger partial charge in [0, 0.05) is 5.56 Å². The fraction of sp³-hybridized carbons (Fsp3) is 0.125. The molecule has 17 heavy (non-hydrogen) atoms. The molecule has 0 radical (unpaired) electrons. The van der Waals surface area contributed by atoms with Crippen LogP contribution in [0.3, 0.4) is 0 Å². The molecule has 0 amide bonds. The summed E-state index contributed by atoms with van der Waals surface area (Å²) in [5.41, 5.74) is -1.22. The number of nitrogens with zero attached hydrogens (tertiary/aromatic N) is 1. The maximum Gasteiger partial charge on any atom is 0.293 e. The zero-order valence-corrected chi connectivity index (χ0v) is 9.43. The normalized spacial score (nSPS) is 10.9. The Morgan fingerprint density at radius 2 is 2.06 bits per heavy atom. The molecule has 0 aromatic heterocycles. The van der Waals surface area contributed by atoms with Crippen LogP contribution >= 0.6 is 0 Å². The van der Waals surface area contributed by atoms with Crippen molar-refractivity contribution in [2.45, 2.75) is 4.90 Å². The van der Waals surface area contributed by atoms with E-state index in [1.54, 1.807) is 0 Å². The van der Waals surface area contributed by atoms with Gasteiger partial charge >= 0.3 is 0 Å². The Morgan fingerprint density at radius 3 is 2.41 bits per heavy atom. The number of hydrogen-bond donors (Lipinski definition) is 1. The van der Waals surface area contributed by atoms with Crippen LogP contribution in [0.5, 0.6) is 5.75 Å². The standard InChI is InChI=1S/C8H8N2O6S/c1-16-6-2-5(4-11)8(17(9,14)15)7(3-6)10(12)13/h2-4H,1H3,(H2,9,14,15). The van der Waals surface area contributed by atoms with Crippen molar-refractivity contribution in [3.8, 4) is 5.75 Å². The van der Waals surface area contributed by atoms with E-state index in [-0.39, 0.29) is 12.0 Å². The highest BCUT2D eigenvalue weighted by Gasteiger charge is 2.28. The third kappa shape index (κ3) is 2.57. The van der Waals surface area contributed by atoms with Crippen LogP contribution in [0.1, 0.15) is 10.4 Å². The van der Waals surface area contributed by atoms with Gasteiger partial charge in [0.2, 0.25) is 10.0 Å². The lowest BCUT2D eigenvalue weighted by molar-refractivity contribution is -0.387. The van der Waals surface area contributed by atoms with Gasteiger partial charge in [-0.05, 0) is 6.07 Å². The number of rotatable bonds is 4. The number of nitro benzene ring substituents is 1. The summed E-state index contributed by atoms with van der Waals surface area (Å²) in [6.45, 7) is 0. The Hall–Kier alpha value is -2.00. The number of carbonyl (C=O) groups is 1. The Morgan fingerprint density at radius 1 is 1.47 bits per heavy atom. The lowest BCUT2D eigenvalue weighted by Gasteiger charge is -2.06. The van der Waals surface area contributed by atoms with Crippen molar-refractivity contribution in [3.63, 3.8) is 0 Å². The van der Waals surface area contributed by atoms with Crippen LogP contribution in [-0.2, 0) is 10.0 Å². The summed E-state index contributed by atoms with van der Waals surface area (Å²) in [7, 11) is -3.15. The molecule has 0 heterocycles.